The molecule has 1 aliphatic rings. The number of nitrogens with one attached hydrogen (secondary N) is 1. The van der Waals surface area contributed by atoms with Crippen molar-refractivity contribution in [1.29, 1.82) is 0 Å². The fourth-order valence-corrected chi connectivity index (χ4v) is 2.39. The first kappa shape index (κ1) is 10.5. The number of aromatic nitrogens is 4. The Morgan fingerprint density at radius 2 is 2.29 bits per heavy atom. The van der Waals surface area contributed by atoms with E-state index < -0.39 is 0 Å². The summed E-state index contributed by atoms with van der Waals surface area (Å²) in [4.78, 5) is 8.31. The van der Waals surface area contributed by atoms with Gasteiger partial charge >= 0.3 is 0 Å². The second-order valence-electron chi connectivity index (χ2n) is 4.46. The molecule has 0 amide bonds. The van der Waals surface area contributed by atoms with Crippen LogP contribution in [0, 0.1) is 0 Å². The van der Waals surface area contributed by atoms with Gasteiger partial charge < -0.3 is 14.5 Å². The molecule has 5 heteroatoms. The van der Waals surface area contributed by atoms with Gasteiger partial charge in [0.05, 0.1) is 18.3 Å². The van der Waals surface area contributed by atoms with Crippen molar-refractivity contribution < 1.29 is 0 Å². The van der Waals surface area contributed by atoms with Gasteiger partial charge in [0.2, 0.25) is 0 Å². The van der Waals surface area contributed by atoms with Gasteiger partial charge in [-0.1, -0.05) is 0 Å². The Bertz CT molecular complexity index is 453. The van der Waals surface area contributed by atoms with Crippen molar-refractivity contribution in [3.8, 4) is 0 Å². The van der Waals surface area contributed by atoms with E-state index in [4.69, 9.17) is 0 Å². The van der Waals surface area contributed by atoms with Crippen molar-refractivity contribution in [2.24, 2.45) is 0 Å². The molecular weight excluding hydrogens is 214 g/mol. The first-order valence-corrected chi connectivity index (χ1v) is 6.12. The SMILES string of the molecule is c1cn(CCn2cncc2C2CCCN2)cn1. The average Bonchev–Trinajstić information content (AvgIpc) is 3.09. The molecule has 2 aromatic heterocycles. The van der Waals surface area contributed by atoms with Crippen LogP contribution < -0.4 is 5.32 Å². The minimum absolute atomic E-state index is 0.486. The summed E-state index contributed by atoms with van der Waals surface area (Å²) >= 11 is 0. The van der Waals surface area contributed by atoms with Crippen LogP contribution in [0.25, 0.3) is 0 Å². The molecule has 1 aliphatic heterocycles. The highest BCUT2D eigenvalue weighted by Gasteiger charge is 2.19. The molecular formula is C12H17N5. The minimum atomic E-state index is 0.486. The van der Waals surface area contributed by atoms with Crippen molar-refractivity contribution in [2.45, 2.75) is 32.0 Å². The van der Waals surface area contributed by atoms with Gasteiger partial charge in [-0.05, 0) is 19.4 Å². The predicted octanol–water partition coefficient (Wildman–Crippen LogP) is 1.20. The summed E-state index contributed by atoms with van der Waals surface area (Å²) in [6.45, 7) is 3.01. The highest BCUT2D eigenvalue weighted by Crippen LogP contribution is 2.22. The summed E-state index contributed by atoms with van der Waals surface area (Å²) in [7, 11) is 0. The molecule has 1 fully saturated rings. The van der Waals surface area contributed by atoms with E-state index in [1.165, 1.54) is 18.5 Å². The fourth-order valence-electron chi connectivity index (χ4n) is 2.39. The van der Waals surface area contributed by atoms with Crippen LogP contribution in [-0.2, 0) is 13.1 Å². The van der Waals surface area contributed by atoms with Crippen LogP contribution in [0.4, 0.5) is 0 Å². The Morgan fingerprint density at radius 1 is 1.29 bits per heavy atom. The lowest BCUT2D eigenvalue weighted by Crippen LogP contribution is -2.18. The van der Waals surface area contributed by atoms with Crippen LogP contribution in [0.3, 0.4) is 0 Å². The molecule has 1 unspecified atom stereocenters. The largest absolute Gasteiger partial charge is 0.336 e. The first-order valence-electron chi connectivity index (χ1n) is 6.12. The van der Waals surface area contributed by atoms with E-state index in [-0.39, 0.29) is 0 Å². The average molecular weight is 231 g/mol. The summed E-state index contributed by atoms with van der Waals surface area (Å²) < 4.78 is 4.33. The second-order valence-corrected chi connectivity index (χ2v) is 4.46. The molecule has 3 heterocycles. The van der Waals surface area contributed by atoms with Gasteiger partial charge in [0.1, 0.15) is 0 Å². The number of imidazole rings is 2. The predicted molar refractivity (Wildman–Crippen MR) is 64.4 cm³/mol. The van der Waals surface area contributed by atoms with Crippen molar-refractivity contribution in [2.75, 3.05) is 6.54 Å². The molecule has 2 aromatic rings. The van der Waals surface area contributed by atoms with Crippen molar-refractivity contribution in [3.63, 3.8) is 0 Å². The second kappa shape index (κ2) is 4.71. The quantitative estimate of drug-likeness (QED) is 0.860. The zero-order valence-electron chi connectivity index (χ0n) is 9.79. The molecule has 1 atom stereocenters. The Balaban J connectivity index is 1.68. The van der Waals surface area contributed by atoms with Crippen molar-refractivity contribution in [1.82, 2.24) is 24.4 Å². The molecule has 0 bridgehead atoms. The highest BCUT2D eigenvalue weighted by atomic mass is 15.1. The van der Waals surface area contributed by atoms with Gasteiger partial charge in [-0.15, -0.1) is 0 Å². The minimum Gasteiger partial charge on any atom is -0.336 e. The molecule has 0 spiro atoms. The lowest BCUT2D eigenvalue weighted by atomic mass is 10.2. The normalized spacial score (nSPS) is 19.9. The molecule has 0 aliphatic carbocycles. The van der Waals surface area contributed by atoms with E-state index in [1.54, 1.807) is 0 Å². The summed E-state index contributed by atoms with van der Waals surface area (Å²) in [5, 5.41) is 3.51. The maximum absolute atomic E-state index is 4.26. The van der Waals surface area contributed by atoms with E-state index in [2.05, 4.69) is 24.4 Å². The van der Waals surface area contributed by atoms with Gasteiger partial charge in [-0.3, -0.25) is 0 Å². The van der Waals surface area contributed by atoms with Crippen molar-refractivity contribution >= 4 is 0 Å². The number of rotatable bonds is 4. The van der Waals surface area contributed by atoms with Gasteiger partial charge in [0, 0.05) is 37.7 Å². The Hall–Kier alpha value is -1.62. The molecule has 0 saturated carbocycles. The van der Waals surface area contributed by atoms with E-state index in [0.717, 1.165) is 19.6 Å². The smallest absolute Gasteiger partial charge is 0.0949 e. The molecule has 1 N–H and O–H groups in total. The Morgan fingerprint density at radius 3 is 3.06 bits per heavy atom. The van der Waals surface area contributed by atoms with Gasteiger partial charge in [0.15, 0.2) is 0 Å². The lowest BCUT2D eigenvalue weighted by Gasteiger charge is -2.14. The van der Waals surface area contributed by atoms with Crippen LogP contribution in [0.5, 0.6) is 0 Å². The Labute approximate surface area is 100 Å². The van der Waals surface area contributed by atoms with Crippen molar-refractivity contribution in [3.05, 3.63) is 36.9 Å². The number of nitrogens with zero attached hydrogens (tertiary/aromatic N) is 4. The molecule has 0 radical (unpaired) electrons. The lowest BCUT2D eigenvalue weighted by molar-refractivity contribution is 0.522. The molecule has 3 rings (SSSR count). The fraction of sp³-hybridized carbons (Fsp3) is 0.500. The molecule has 0 aromatic carbocycles. The number of hydrogen-bond donors (Lipinski definition) is 1. The maximum Gasteiger partial charge on any atom is 0.0949 e. The molecule has 17 heavy (non-hydrogen) atoms. The summed E-state index contributed by atoms with van der Waals surface area (Å²) in [5.74, 6) is 0. The maximum atomic E-state index is 4.26. The number of hydrogen-bond acceptors (Lipinski definition) is 3. The third-order valence-electron chi connectivity index (χ3n) is 3.32. The van der Waals surface area contributed by atoms with Crippen LogP contribution >= 0.6 is 0 Å². The summed E-state index contributed by atoms with van der Waals surface area (Å²) in [5.41, 5.74) is 1.31. The number of aryl methyl sites for hydroxylation is 2. The van der Waals surface area contributed by atoms with E-state index in [1.807, 2.05) is 31.2 Å². The third-order valence-corrected chi connectivity index (χ3v) is 3.32. The van der Waals surface area contributed by atoms with Gasteiger partial charge in [0.25, 0.3) is 0 Å². The van der Waals surface area contributed by atoms with Crippen LogP contribution in [0.2, 0.25) is 0 Å². The van der Waals surface area contributed by atoms with Gasteiger partial charge in [-0.25, -0.2) is 9.97 Å². The van der Waals surface area contributed by atoms with E-state index in [9.17, 15) is 0 Å². The zero-order chi connectivity index (χ0) is 11.5. The standard InChI is InChI=1S/C12H17N5/c1-2-11(15-3-1)12-8-14-10-17(12)7-6-16-5-4-13-9-16/h4-5,8-11,15H,1-3,6-7H2. The van der Waals surface area contributed by atoms with Gasteiger partial charge in [-0.2, -0.15) is 0 Å². The summed E-state index contributed by atoms with van der Waals surface area (Å²) in [6.07, 6.45) is 12.0. The summed E-state index contributed by atoms with van der Waals surface area (Å²) in [6, 6.07) is 0.486. The zero-order valence-corrected chi connectivity index (χ0v) is 9.79. The topological polar surface area (TPSA) is 47.7 Å². The van der Waals surface area contributed by atoms with Crippen LogP contribution in [-0.4, -0.2) is 25.6 Å². The first-order chi connectivity index (χ1) is 8.43. The molecule has 90 valence electrons. The molecule has 1 saturated heterocycles. The van der Waals surface area contributed by atoms with E-state index in [0.29, 0.717) is 6.04 Å². The monoisotopic (exact) mass is 231 g/mol. The van der Waals surface area contributed by atoms with E-state index >= 15 is 0 Å². The van der Waals surface area contributed by atoms with Crippen LogP contribution in [0.1, 0.15) is 24.6 Å². The highest BCUT2D eigenvalue weighted by molar-refractivity contribution is 5.07. The Kier molecular flexibility index (Phi) is 2.92. The molecule has 5 nitrogen and oxygen atoms in total. The third kappa shape index (κ3) is 2.24. The van der Waals surface area contributed by atoms with Crippen LogP contribution in [0.15, 0.2) is 31.2 Å².